The summed E-state index contributed by atoms with van der Waals surface area (Å²) in [6.45, 7) is 7.17. The molecule has 2 aromatic rings. The maximum absolute atomic E-state index is 7.17. The van der Waals surface area contributed by atoms with Crippen molar-refractivity contribution < 1.29 is 0 Å². The number of nitrogen functional groups attached to an aromatic ring is 1. The van der Waals surface area contributed by atoms with E-state index in [9.17, 15) is 0 Å². The first kappa shape index (κ1) is 10.5. The molecule has 0 aliphatic carbocycles. The molecule has 0 aliphatic rings. The number of hydrogen-bond donors (Lipinski definition) is 1. The maximum atomic E-state index is 7.17. The summed E-state index contributed by atoms with van der Waals surface area (Å²) in [5, 5.41) is 1.97. The minimum Gasteiger partial charge on any atom is -0.399 e. The fourth-order valence-corrected chi connectivity index (χ4v) is 2.02. The second-order valence-corrected chi connectivity index (χ2v) is 4.23. The van der Waals surface area contributed by atoms with Crippen LogP contribution in [0.2, 0.25) is 0 Å². The zero-order chi connectivity index (χ0) is 11.4. The van der Waals surface area contributed by atoms with Gasteiger partial charge in [-0.15, -0.1) is 0 Å². The van der Waals surface area contributed by atoms with Crippen LogP contribution >= 0.6 is 11.3 Å². The second-order valence-electron chi connectivity index (χ2n) is 3.29. The van der Waals surface area contributed by atoms with E-state index >= 15 is 0 Å². The van der Waals surface area contributed by atoms with Crippen LogP contribution in [0.3, 0.4) is 0 Å². The van der Waals surface area contributed by atoms with E-state index in [1.54, 1.807) is 11.3 Å². The molecule has 2 nitrogen and oxygen atoms in total. The standard InChI is InChI=1S/C13H10N2S/c1-15-12(13-3-2-8-16-13)9-10-4-6-11(14)7-5-10/h2-9H,14H2/b12-9-. The molecule has 1 heterocycles. The van der Waals surface area contributed by atoms with Gasteiger partial charge in [0.1, 0.15) is 0 Å². The molecule has 2 rings (SSSR count). The van der Waals surface area contributed by atoms with E-state index in [4.69, 9.17) is 12.3 Å². The van der Waals surface area contributed by atoms with E-state index in [1.165, 1.54) is 0 Å². The van der Waals surface area contributed by atoms with Gasteiger partial charge in [-0.25, -0.2) is 4.85 Å². The topological polar surface area (TPSA) is 30.4 Å². The Morgan fingerprint density at radius 2 is 2.00 bits per heavy atom. The SMILES string of the molecule is [C-]#[N+]/C(=C\c1ccc(N)cc1)c1cccs1. The van der Waals surface area contributed by atoms with Gasteiger partial charge >= 0.3 is 0 Å². The van der Waals surface area contributed by atoms with Crippen LogP contribution < -0.4 is 5.73 Å². The normalized spacial score (nSPS) is 11.1. The average Bonchev–Trinajstić information content (AvgIpc) is 2.82. The predicted octanol–water partition coefficient (Wildman–Crippen LogP) is 3.75. The van der Waals surface area contributed by atoms with E-state index in [-0.39, 0.29) is 0 Å². The van der Waals surface area contributed by atoms with Crippen LogP contribution in [0.15, 0.2) is 41.8 Å². The first-order chi connectivity index (χ1) is 7.79. The molecule has 0 bridgehead atoms. The molecule has 3 heteroatoms. The summed E-state index contributed by atoms with van der Waals surface area (Å²) in [5.41, 5.74) is 8.00. The van der Waals surface area contributed by atoms with Crippen molar-refractivity contribution in [2.75, 3.05) is 5.73 Å². The minimum absolute atomic E-state index is 0.666. The summed E-state index contributed by atoms with van der Waals surface area (Å²) in [6.07, 6.45) is 1.87. The van der Waals surface area contributed by atoms with Gasteiger partial charge in [0.2, 0.25) is 5.70 Å². The summed E-state index contributed by atoms with van der Waals surface area (Å²) in [6, 6.07) is 11.4. The first-order valence-electron chi connectivity index (χ1n) is 4.78. The molecular weight excluding hydrogens is 216 g/mol. The Balaban J connectivity index is 2.36. The zero-order valence-corrected chi connectivity index (χ0v) is 9.37. The van der Waals surface area contributed by atoms with Crippen LogP contribution in [0.1, 0.15) is 10.4 Å². The molecule has 0 saturated heterocycles. The molecule has 0 radical (unpaired) electrons. The van der Waals surface area contributed by atoms with Gasteiger partial charge in [0, 0.05) is 10.6 Å². The highest BCUT2D eigenvalue weighted by Gasteiger charge is 2.01. The highest BCUT2D eigenvalue weighted by Crippen LogP contribution is 2.24. The van der Waals surface area contributed by atoms with Crippen LogP contribution in [0.4, 0.5) is 5.69 Å². The lowest BCUT2D eigenvalue weighted by Crippen LogP contribution is -1.83. The number of thiophene rings is 1. The number of anilines is 1. The lowest BCUT2D eigenvalue weighted by molar-refractivity contribution is 1.64. The van der Waals surface area contributed by atoms with Gasteiger partial charge in [0.25, 0.3) is 0 Å². The lowest BCUT2D eigenvalue weighted by Gasteiger charge is -1.97. The van der Waals surface area contributed by atoms with Crippen LogP contribution in [0.5, 0.6) is 0 Å². The van der Waals surface area contributed by atoms with Crippen molar-refractivity contribution in [3.63, 3.8) is 0 Å². The Labute approximate surface area is 98.5 Å². The molecule has 0 spiro atoms. The number of rotatable bonds is 2. The summed E-state index contributed by atoms with van der Waals surface area (Å²) in [7, 11) is 0. The van der Waals surface area contributed by atoms with Gasteiger partial charge in [-0.2, -0.15) is 11.3 Å². The van der Waals surface area contributed by atoms with Crippen molar-refractivity contribution in [1.82, 2.24) is 0 Å². The monoisotopic (exact) mass is 226 g/mol. The molecule has 0 atom stereocenters. The third-order valence-electron chi connectivity index (χ3n) is 2.13. The molecule has 2 N–H and O–H groups in total. The first-order valence-corrected chi connectivity index (χ1v) is 5.66. The van der Waals surface area contributed by atoms with Crippen LogP contribution in [0, 0.1) is 6.57 Å². The Kier molecular flexibility index (Phi) is 3.04. The van der Waals surface area contributed by atoms with Crippen LogP contribution in [0.25, 0.3) is 16.6 Å². The van der Waals surface area contributed by atoms with Gasteiger partial charge in [0.15, 0.2) is 0 Å². The maximum Gasteiger partial charge on any atom is 0.204 e. The van der Waals surface area contributed by atoms with Crippen molar-refractivity contribution in [2.45, 2.75) is 0 Å². The lowest BCUT2D eigenvalue weighted by atomic mass is 10.1. The molecule has 0 saturated carbocycles. The van der Waals surface area contributed by atoms with E-state index in [0.717, 1.165) is 16.1 Å². The largest absolute Gasteiger partial charge is 0.399 e. The molecule has 0 fully saturated rings. The summed E-state index contributed by atoms with van der Waals surface area (Å²) in [5.74, 6) is 0. The average molecular weight is 226 g/mol. The van der Waals surface area contributed by atoms with Gasteiger partial charge < -0.3 is 5.73 Å². The van der Waals surface area contributed by atoms with E-state index in [2.05, 4.69) is 4.85 Å². The quantitative estimate of drug-likeness (QED) is 0.613. The Morgan fingerprint density at radius 1 is 1.25 bits per heavy atom. The second kappa shape index (κ2) is 4.65. The smallest absolute Gasteiger partial charge is 0.204 e. The van der Waals surface area contributed by atoms with Crippen molar-refractivity contribution >= 4 is 28.8 Å². The third-order valence-corrected chi connectivity index (χ3v) is 3.03. The minimum atomic E-state index is 0.666. The Morgan fingerprint density at radius 3 is 2.56 bits per heavy atom. The van der Waals surface area contributed by atoms with Crippen molar-refractivity contribution in [1.29, 1.82) is 0 Å². The van der Waals surface area contributed by atoms with E-state index in [1.807, 2.05) is 47.9 Å². The molecular formula is C13H10N2S. The van der Waals surface area contributed by atoms with Gasteiger partial charge in [0.05, 0.1) is 6.57 Å². The highest BCUT2D eigenvalue weighted by molar-refractivity contribution is 7.11. The van der Waals surface area contributed by atoms with Crippen molar-refractivity contribution in [2.24, 2.45) is 0 Å². The highest BCUT2D eigenvalue weighted by atomic mass is 32.1. The van der Waals surface area contributed by atoms with Gasteiger partial charge in [-0.05, 0) is 29.2 Å². The fourth-order valence-electron chi connectivity index (χ4n) is 1.33. The van der Waals surface area contributed by atoms with E-state index < -0.39 is 0 Å². The summed E-state index contributed by atoms with van der Waals surface area (Å²) >= 11 is 1.57. The third kappa shape index (κ3) is 2.30. The molecule has 0 aliphatic heterocycles. The zero-order valence-electron chi connectivity index (χ0n) is 8.55. The molecule has 1 aromatic heterocycles. The Hall–Kier alpha value is -2.05. The number of nitrogens with zero attached hydrogens (tertiary/aromatic N) is 1. The fraction of sp³-hybridized carbons (Fsp3) is 0. The van der Waals surface area contributed by atoms with Crippen molar-refractivity contribution in [3.8, 4) is 0 Å². The van der Waals surface area contributed by atoms with Crippen LogP contribution in [-0.2, 0) is 0 Å². The summed E-state index contributed by atoms with van der Waals surface area (Å²) < 4.78 is 0. The molecule has 1 aromatic carbocycles. The molecule has 16 heavy (non-hydrogen) atoms. The predicted molar refractivity (Wildman–Crippen MR) is 69.6 cm³/mol. The van der Waals surface area contributed by atoms with E-state index in [0.29, 0.717) is 5.70 Å². The summed E-state index contributed by atoms with van der Waals surface area (Å²) in [4.78, 5) is 4.53. The van der Waals surface area contributed by atoms with Gasteiger partial charge in [-0.3, -0.25) is 0 Å². The van der Waals surface area contributed by atoms with Gasteiger partial charge in [-0.1, -0.05) is 24.3 Å². The van der Waals surface area contributed by atoms with Crippen LogP contribution in [-0.4, -0.2) is 0 Å². The number of nitrogens with two attached hydrogens (primary N) is 1. The number of benzene rings is 1. The molecule has 0 amide bonds. The Bertz CT molecular complexity index is 530. The number of hydrogen-bond acceptors (Lipinski definition) is 2. The molecule has 0 unspecified atom stereocenters. The molecule has 78 valence electrons. The van der Waals surface area contributed by atoms with Crippen molar-refractivity contribution in [3.05, 3.63) is 63.6 Å².